The molecule has 0 aliphatic rings. The normalized spacial score (nSPS) is 9.40. The number of aromatic amines is 1. The van der Waals surface area contributed by atoms with Gasteiger partial charge in [0.1, 0.15) is 4.47 Å². The van der Waals surface area contributed by atoms with E-state index < -0.39 is 0 Å². The van der Waals surface area contributed by atoms with Crippen molar-refractivity contribution in [3.8, 4) is 0 Å². The lowest BCUT2D eigenvalue weighted by Crippen LogP contribution is -2.10. The van der Waals surface area contributed by atoms with Gasteiger partial charge in [0, 0.05) is 7.05 Å². The molecular weight excluding hydrogens is 198 g/mol. The number of halogens is 1. The topological polar surface area (TPSA) is 57.8 Å². The summed E-state index contributed by atoms with van der Waals surface area (Å²) in [5, 5.41) is 8.67. The van der Waals surface area contributed by atoms with E-state index in [2.05, 4.69) is 31.4 Å². The van der Waals surface area contributed by atoms with Crippen LogP contribution in [0.5, 0.6) is 0 Å². The molecule has 0 aromatic carbocycles. The highest BCUT2D eigenvalue weighted by Crippen LogP contribution is 2.13. The third-order valence-electron chi connectivity index (χ3n) is 1.06. The largest absolute Gasteiger partial charge is 0.386 e. The Hall–Kier alpha value is -0.840. The molecular formula is C5H6BrN3O. The number of rotatable bonds is 1. The predicted molar refractivity (Wildman–Crippen MR) is 42.1 cm³/mol. The Labute approximate surface area is 65.8 Å². The lowest BCUT2D eigenvalue weighted by molar-refractivity contribution is 0.979. The van der Waals surface area contributed by atoms with Gasteiger partial charge in [0.05, 0.1) is 11.9 Å². The molecule has 2 N–H and O–H groups in total. The minimum atomic E-state index is -0.230. The Morgan fingerprint density at radius 1 is 1.80 bits per heavy atom. The summed E-state index contributed by atoms with van der Waals surface area (Å²) in [4.78, 5) is 10.8. The minimum Gasteiger partial charge on any atom is -0.386 e. The Bertz CT molecular complexity index is 282. The molecule has 0 saturated heterocycles. The fraction of sp³-hybridized carbons (Fsp3) is 0.200. The van der Waals surface area contributed by atoms with E-state index in [9.17, 15) is 4.79 Å². The lowest BCUT2D eigenvalue weighted by atomic mass is 10.5. The Balaban J connectivity index is 3.28. The molecule has 0 aliphatic heterocycles. The average molecular weight is 204 g/mol. The van der Waals surface area contributed by atoms with E-state index in [0.29, 0.717) is 10.2 Å². The zero-order valence-electron chi connectivity index (χ0n) is 5.31. The van der Waals surface area contributed by atoms with Crippen molar-refractivity contribution >= 4 is 21.6 Å². The van der Waals surface area contributed by atoms with E-state index in [1.165, 1.54) is 6.20 Å². The van der Waals surface area contributed by atoms with Gasteiger partial charge in [-0.05, 0) is 15.9 Å². The van der Waals surface area contributed by atoms with E-state index in [4.69, 9.17) is 0 Å². The van der Waals surface area contributed by atoms with Gasteiger partial charge in [-0.3, -0.25) is 4.79 Å². The third kappa shape index (κ3) is 1.18. The van der Waals surface area contributed by atoms with Gasteiger partial charge in [0.2, 0.25) is 0 Å². The molecule has 1 heterocycles. The Kier molecular flexibility index (Phi) is 2.06. The number of aromatic nitrogens is 2. The highest BCUT2D eigenvalue weighted by Gasteiger charge is 1.99. The fourth-order valence-electron chi connectivity index (χ4n) is 0.558. The maximum atomic E-state index is 10.8. The van der Waals surface area contributed by atoms with Gasteiger partial charge in [-0.2, -0.15) is 5.10 Å². The molecule has 5 heteroatoms. The summed E-state index contributed by atoms with van der Waals surface area (Å²) in [7, 11) is 1.72. The van der Waals surface area contributed by atoms with Crippen molar-refractivity contribution in [2.24, 2.45) is 0 Å². The van der Waals surface area contributed by atoms with Crippen LogP contribution in [0.3, 0.4) is 0 Å². The van der Waals surface area contributed by atoms with Crippen molar-refractivity contribution in [3.05, 3.63) is 21.0 Å². The zero-order chi connectivity index (χ0) is 7.56. The van der Waals surface area contributed by atoms with Crippen LogP contribution in [-0.4, -0.2) is 17.2 Å². The molecule has 0 amide bonds. The molecule has 10 heavy (non-hydrogen) atoms. The number of H-pyrrole nitrogens is 1. The van der Waals surface area contributed by atoms with Crippen molar-refractivity contribution < 1.29 is 0 Å². The molecule has 0 aliphatic carbocycles. The maximum absolute atomic E-state index is 10.8. The van der Waals surface area contributed by atoms with Gasteiger partial charge >= 0.3 is 0 Å². The van der Waals surface area contributed by atoms with Gasteiger partial charge in [-0.15, -0.1) is 0 Å². The van der Waals surface area contributed by atoms with Gasteiger partial charge in [-0.1, -0.05) is 0 Å². The van der Waals surface area contributed by atoms with Crippen LogP contribution >= 0.6 is 15.9 Å². The zero-order valence-corrected chi connectivity index (χ0v) is 6.90. The van der Waals surface area contributed by atoms with Gasteiger partial charge < -0.3 is 5.32 Å². The molecule has 1 aromatic heterocycles. The first-order valence-electron chi connectivity index (χ1n) is 2.66. The summed E-state index contributed by atoms with van der Waals surface area (Å²) in [6.07, 6.45) is 1.53. The highest BCUT2D eigenvalue weighted by atomic mass is 79.9. The van der Waals surface area contributed by atoms with E-state index in [1.54, 1.807) is 7.05 Å². The van der Waals surface area contributed by atoms with Gasteiger partial charge in [0.25, 0.3) is 5.56 Å². The first kappa shape index (κ1) is 7.27. The summed E-state index contributed by atoms with van der Waals surface area (Å²) in [5.41, 5.74) is 0.454. The van der Waals surface area contributed by atoms with Crippen LogP contribution in [0.15, 0.2) is 15.5 Å². The van der Waals surface area contributed by atoms with Crippen molar-refractivity contribution in [2.75, 3.05) is 12.4 Å². The van der Waals surface area contributed by atoms with E-state index >= 15 is 0 Å². The van der Waals surface area contributed by atoms with Gasteiger partial charge in [-0.25, -0.2) is 5.10 Å². The summed E-state index contributed by atoms with van der Waals surface area (Å²) in [6, 6.07) is 0. The first-order chi connectivity index (χ1) is 4.75. The minimum absolute atomic E-state index is 0.230. The summed E-state index contributed by atoms with van der Waals surface area (Å²) in [5.74, 6) is 0. The molecule has 0 radical (unpaired) electrons. The molecule has 0 unspecified atom stereocenters. The van der Waals surface area contributed by atoms with Crippen LogP contribution < -0.4 is 10.9 Å². The van der Waals surface area contributed by atoms with Crippen LogP contribution in [0, 0.1) is 0 Å². The second-order valence-electron chi connectivity index (χ2n) is 1.68. The van der Waals surface area contributed by atoms with Crippen LogP contribution in [0.4, 0.5) is 5.69 Å². The number of hydrogen-bond acceptors (Lipinski definition) is 3. The van der Waals surface area contributed by atoms with Crippen LogP contribution in [0.1, 0.15) is 0 Å². The van der Waals surface area contributed by atoms with Crippen molar-refractivity contribution in [1.82, 2.24) is 10.2 Å². The van der Waals surface area contributed by atoms with E-state index in [0.717, 1.165) is 0 Å². The van der Waals surface area contributed by atoms with E-state index in [1.807, 2.05) is 0 Å². The average Bonchev–Trinajstić information content (AvgIpc) is 1.95. The van der Waals surface area contributed by atoms with Crippen molar-refractivity contribution in [1.29, 1.82) is 0 Å². The smallest absolute Gasteiger partial charge is 0.280 e. The van der Waals surface area contributed by atoms with Crippen LogP contribution in [-0.2, 0) is 0 Å². The summed E-state index contributed by atoms with van der Waals surface area (Å²) >= 11 is 3.09. The second kappa shape index (κ2) is 2.83. The molecule has 0 fully saturated rings. The number of nitrogens with zero attached hydrogens (tertiary/aromatic N) is 1. The second-order valence-corrected chi connectivity index (χ2v) is 2.47. The first-order valence-corrected chi connectivity index (χ1v) is 3.46. The van der Waals surface area contributed by atoms with Crippen molar-refractivity contribution in [2.45, 2.75) is 0 Å². The standard InChI is InChI=1S/C5H6BrN3O/c1-7-3-2-8-9-5(10)4(3)6/h2H,1H3,(H2,7,9,10). The quantitative estimate of drug-likeness (QED) is 0.703. The summed E-state index contributed by atoms with van der Waals surface area (Å²) in [6.45, 7) is 0. The predicted octanol–water partition coefficient (Wildman–Crippen LogP) is 0.574. The van der Waals surface area contributed by atoms with Crippen LogP contribution in [0.2, 0.25) is 0 Å². The SMILES string of the molecule is CNc1cn[nH]c(=O)c1Br. The number of hydrogen-bond donors (Lipinski definition) is 2. The molecule has 0 atom stereocenters. The molecule has 54 valence electrons. The molecule has 1 rings (SSSR count). The third-order valence-corrected chi connectivity index (χ3v) is 1.85. The molecule has 0 spiro atoms. The van der Waals surface area contributed by atoms with Crippen LogP contribution in [0.25, 0.3) is 0 Å². The van der Waals surface area contributed by atoms with Crippen molar-refractivity contribution in [3.63, 3.8) is 0 Å². The van der Waals surface area contributed by atoms with Gasteiger partial charge in [0.15, 0.2) is 0 Å². The number of nitrogens with one attached hydrogen (secondary N) is 2. The lowest BCUT2D eigenvalue weighted by Gasteiger charge is -1.98. The monoisotopic (exact) mass is 203 g/mol. The summed E-state index contributed by atoms with van der Waals surface area (Å²) < 4.78 is 0.477. The Morgan fingerprint density at radius 3 is 3.00 bits per heavy atom. The molecule has 1 aromatic rings. The Morgan fingerprint density at radius 2 is 2.50 bits per heavy atom. The van der Waals surface area contributed by atoms with E-state index in [-0.39, 0.29) is 5.56 Å². The molecule has 0 bridgehead atoms. The molecule has 0 saturated carbocycles. The highest BCUT2D eigenvalue weighted by molar-refractivity contribution is 9.10. The number of anilines is 1. The fourth-order valence-corrected chi connectivity index (χ4v) is 0.947. The maximum Gasteiger partial charge on any atom is 0.280 e. The molecule has 4 nitrogen and oxygen atoms in total.